The predicted octanol–water partition coefficient (Wildman–Crippen LogP) is 4.14. The summed E-state index contributed by atoms with van der Waals surface area (Å²) in [6, 6.07) is 11.2. The van der Waals surface area contributed by atoms with Gasteiger partial charge in [-0.2, -0.15) is 0 Å². The Hall–Kier alpha value is -2.64. The van der Waals surface area contributed by atoms with Crippen molar-refractivity contribution >= 4 is 52.1 Å². The first-order valence-corrected chi connectivity index (χ1v) is 11.1. The number of carbonyl (C=O) groups is 2. The third-order valence-corrected chi connectivity index (χ3v) is 5.71. The van der Waals surface area contributed by atoms with Gasteiger partial charge in [0.15, 0.2) is 5.11 Å². The van der Waals surface area contributed by atoms with Crippen LogP contribution in [0, 0.1) is 13.8 Å². The van der Waals surface area contributed by atoms with E-state index in [2.05, 4.69) is 15.5 Å². The molecule has 0 aliphatic carbocycles. The Bertz CT molecular complexity index is 983. The van der Waals surface area contributed by atoms with E-state index in [9.17, 15) is 9.59 Å². The van der Waals surface area contributed by atoms with Crippen molar-refractivity contribution in [3.8, 4) is 0 Å². The minimum atomic E-state index is -0.264. The summed E-state index contributed by atoms with van der Waals surface area (Å²) in [6.45, 7) is 8.41. The van der Waals surface area contributed by atoms with E-state index in [1.54, 1.807) is 0 Å². The minimum absolute atomic E-state index is 0.160. The fourth-order valence-corrected chi connectivity index (χ4v) is 4.27. The topological polar surface area (TPSA) is 64.7 Å². The molecule has 1 saturated heterocycles. The molecule has 2 aromatic rings. The van der Waals surface area contributed by atoms with Crippen LogP contribution in [-0.4, -0.2) is 48.0 Å². The Morgan fingerprint density at radius 2 is 1.71 bits per heavy atom. The van der Waals surface area contributed by atoms with Crippen LogP contribution in [-0.2, 0) is 4.79 Å². The zero-order valence-electron chi connectivity index (χ0n) is 18.0. The zero-order valence-corrected chi connectivity index (χ0v) is 19.6. The van der Waals surface area contributed by atoms with Gasteiger partial charge in [-0.15, -0.1) is 0 Å². The number of halogens is 1. The van der Waals surface area contributed by atoms with Crippen LogP contribution in [0.25, 0.3) is 0 Å². The van der Waals surface area contributed by atoms with Crippen LogP contribution in [0.2, 0.25) is 5.02 Å². The van der Waals surface area contributed by atoms with Gasteiger partial charge in [0.05, 0.1) is 16.4 Å². The van der Waals surface area contributed by atoms with Crippen LogP contribution >= 0.6 is 23.8 Å². The lowest BCUT2D eigenvalue weighted by Crippen LogP contribution is -2.49. The van der Waals surface area contributed by atoms with Crippen molar-refractivity contribution in [1.29, 1.82) is 0 Å². The summed E-state index contributed by atoms with van der Waals surface area (Å²) in [6.07, 6.45) is 0.507. The van der Waals surface area contributed by atoms with Gasteiger partial charge < -0.3 is 15.1 Å². The van der Waals surface area contributed by atoms with Crippen molar-refractivity contribution in [2.75, 3.05) is 36.4 Å². The van der Waals surface area contributed by atoms with Crippen LogP contribution in [0.5, 0.6) is 0 Å². The number of amides is 2. The summed E-state index contributed by atoms with van der Waals surface area (Å²) in [5.74, 6) is -0.105. The second kappa shape index (κ2) is 10.1. The van der Waals surface area contributed by atoms with E-state index >= 15 is 0 Å². The third kappa shape index (κ3) is 5.74. The summed E-state index contributed by atoms with van der Waals surface area (Å²) < 4.78 is 0. The van der Waals surface area contributed by atoms with Gasteiger partial charge in [-0.25, -0.2) is 0 Å². The SMILES string of the molecule is CCC(=O)N1CCN(c2c(Cl)cccc2NC(=S)NC(=O)c2cc(C)cc(C)c2)CC1. The molecule has 8 heteroatoms. The number of hydrogen-bond acceptors (Lipinski definition) is 4. The molecule has 164 valence electrons. The number of para-hydroxylation sites is 1. The molecular weight excluding hydrogens is 432 g/mol. The fraction of sp³-hybridized carbons (Fsp3) is 0.348. The molecule has 1 heterocycles. The molecule has 0 unspecified atom stereocenters. The van der Waals surface area contributed by atoms with Gasteiger partial charge in [0.2, 0.25) is 5.91 Å². The lowest BCUT2D eigenvalue weighted by atomic mass is 10.1. The van der Waals surface area contributed by atoms with Crippen molar-refractivity contribution in [2.24, 2.45) is 0 Å². The summed E-state index contributed by atoms with van der Waals surface area (Å²) >= 11 is 11.9. The van der Waals surface area contributed by atoms with Gasteiger partial charge in [0.25, 0.3) is 5.91 Å². The standard InChI is InChI=1S/C23H27ClN4O2S/c1-4-20(29)27-8-10-28(11-9-27)21-18(24)6-5-7-19(21)25-23(31)26-22(30)17-13-15(2)12-16(3)14-17/h5-7,12-14H,4,8-11H2,1-3H3,(H2,25,26,30,31). The van der Waals surface area contributed by atoms with Gasteiger partial charge in [-0.3, -0.25) is 14.9 Å². The monoisotopic (exact) mass is 458 g/mol. The number of nitrogens with one attached hydrogen (secondary N) is 2. The predicted molar refractivity (Wildman–Crippen MR) is 130 cm³/mol. The second-order valence-electron chi connectivity index (χ2n) is 7.64. The maximum atomic E-state index is 12.6. The number of thiocarbonyl (C=S) groups is 1. The maximum Gasteiger partial charge on any atom is 0.257 e. The van der Waals surface area contributed by atoms with E-state index in [0.717, 1.165) is 16.8 Å². The highest BCUT2D eigenvalue weighted by Crippen LogP contribution is 2.34. The molecule has 2 amide bonds. The first kappa shape index (κ1) is 23.0. The second-order valence-corrected chi connectivity index (χ2v) is 8.46. The molecular formula is C23H27ClN4O2S. The van der Waals surface area contributed by atoms with Crippen LogP contribution in [0.3, 0.4) is 0 Å². The molecule has 1 aliphatic heterocycles. The molecule has 0 saturated carbocycles. The molecule has 31 heavy (non-hydrogen) atoms. The smallest absolute Gasteiger partial charge is 0.257 e. The molecule has 2 aromatic carbocycles. The molecule has 0 bridgehead atoms. The molecule has 0 radical (unpaired) electrons. The molecule has 0 aromatic heterocycles. The number of rotatable bonds is 4. The summed E-state index contributed by atoms with van der Waals surface area (Å²) in [4.78, 5) is 28.6. The Labute approximate surface area is 193 Å². The number of benzene rings is 2. The van der Waals surface area contributed by atoms with E-state index in [1.165, 1.54) is 0 Å². The molecule has 2 N–H and O–H groups in total. The molecule has 6 nitrogen and oxygen atoms in total. The molecule has 1 fully saturated rings. The third-order valence-electron chi connectivity index (χ3n) is 5.20. The first-order valence-electron chi connectivity index (χ1n) is 10.3. The summed E-state index contributed by atoms with van der Waals surface area (Å²) in [7, 11) is 0. The Morgan fingerprint density at radius 1 is 1.06 bits per heavy atom. The van der Waals surface area contributed by atoms with Crippen molar-refractivity contribution < 1.29 is 9.59 Å². The van der Waals surface area contributed by atoms with Crippen LogP contribution in [0.15, 0.2) is 36.4 Å². The Kier molecular flexibility index (Phi) is 7.51. The number of nitrogens with zero attached hydrogens (tertiary/aromatic N) is 2. The number of hydrogen-bond donors (Lipinski definition) is 2. The van der Waals surface area contributed by atoms with E-state index in [-0.39, 0.29) is 16.9 Å². The summed E-state index contributed by atoms with van der Waals surface area (Å²) in [5, 5.41) is 6.65. The largest absolute Gasteiger partial charge is 0.365 e. The zero-order chi connectivity index (χ0) is 22.5. The number of piperazine rings is 1. The lowest BCUT2D eigenvalue weighted by molar-refractivity contribution is -0.131. The normalized spacial score (nSPS) is 13.7. The number of anilines is 2. The van der Waals surface area contributed by atoms with E-state index in [4.69, 9.17) is 23.8 Å². The highest BCUT2D eigenvalue weighted by atomic mass is 35.5. The van der Waals surface area contributed by atoms with Gasteiger partial charge >= 0.3 is 0 Å². The van der Waals surface area contributed by atoms with Crippen LogP contribution < -0.4 is 15.5 Å². The highest BCUT2D eigenvalue weighted by Gasteiger charge is 2.23. The van der Waals surface area contributed by atoms with Gasteiger partial charge in [0.1, 0.15) is 0 Å². The van der Waals surface area contributed by atoms with E-state index in [0.29, 0.717) is 48.9 Å². The number of aryl methyl sites for hydroxylation is 2. The van der Waals surface area contributed by atoms with Gasteiger partial charge in [-0.05, 0) is 50.3 Å². The van der Waals surface area contributed by atoms with Gasteiger partial charge in [-0.1, -0.05) is 41.8 Å². The van der Waals surface area contributed by atoms with Crippen molar-refractivity contribution in [3.63, 3.8) is 0 Å². The van der Waals surface area contributed by atoms with Crippen molar-refractivity contribution in [3.05, 3.63) is 58.1 Å². The van der Waals surface area contributed by atoms with Gasteiger partial charge in [0, 0.05) is 38.2 Å². The average molecular weight is 459 g/mol. The molecule has 1 aliphatic rings. The molecule has 0 atom stereocenters. The van der Waals surface area contributed by atoms with Crippen molar-refractivity contribution in [1.82, 2.24) is 10.2 Å². The van der Waals surface area contributed by atoms with Crippen LogP contribution in [0.1, 0.15) is 34.8 Å². The lowest BCUT2D eigenvalue weighted by Gasteiger charge is -2.37. The number of carbonyl (C=O) groups excluding carboxylic acids is 2. The average Bonchev–Trinajstić information content (AvgIpc) is 2.72. The highest BCUT2D eigenvalue weighted by molar-refractivity contribution is 7.80. The van der Waals surface area contributed by atoms with Crippen LogP contribution in [0.4, 0.5) is 11.4 Å². The van der Waals surface area contributed by atoms with E-state index < -0.39 is 0 Å². The molecule has 3 rings (SSSR count). The van der Waals surface area contributed by atoms with Crippen molar-refractivity contribution in [2.45, 2.75) is 27.2 Å². The fourth-order valence-electron chi connectivity index (χ4n) is 3.78. The quantitative estimate of drug-likeness (QED) is 0.674. The molecule has 0 spiro atoms. The van der Waals surface area contributed by atoms with E-state index in [1.807, 2.05) is 62.1 Å². The Balaban J connectivity index is 1.71. The first-order chi connectivity index (χ1) is 14.8. The maximum absolute atomic E-state index is 12.6. The Morgan fingerprint density at radius 3 is 2.32 bits per heavy atom. The summed E-state index contributed by atoms with van der Waals surface area (Å²) in [5.41, 5.74) is 4.12. The minimum Gasteiger partial charge on any atom is -0.365 e.